The predicted molar refractivity (Wildman–Crippen MR) is 56.4 cm³/mol. The molecule has 20 heavy (non-hydrogen) atoms. The zero-order valence-corrected chi connectivity index (χ0v) is 11.3. The molecule has 0 aromatic heterocycles. The minimum atomic E-state index is -6.57. The van der Waals surface area contributed by atoms with Crippen molar-refractivity contribution in [3.63, 3.8) is 0 Å². The maximum absolute atomic E-state index is 10.9. The van der Waals surface area contributed by atoms with Gasteiger partial charge in [-0.25, -0.2) is 4.79 Å². The largest absolute Gasteiger partial charge is 0.480 e. The van der Waals surface area contributed by atoms with E-state index in [-0.39, 0.29) is 0 Å². The molecule has 0 bridgehead atoms. The fourth-order valence-corrected chi connectivity index (χ4v) is 5.68. The minimum absolute atomic E-state index is 2.97. The molecule has 1 unspecified atom stereocenters. The smallest absolute Gasteiger partial charge is 0.348 e. The van der Waals surface area contributed by atoms with E-state index in [1.165, 1.54) is 0 Å². The minimum Gasteiger partial charge on any atom is -0.480 e. The highest BCUT2D eigenvalue weighted by molar-refractivity contribution is 8.08. The van der Waals surface area contributed by atoms with Crippen molar-refractivity contribution in [1.29, 1.82) is 0 Å². The zero-order chi connectivity index (χ0) is 16.7. The second-order valence-corrected chi connectivity index (χ2v) is 8.10. The van der Waals surface area contributed by atoms with Gasteiger partial charge in [0.1, 0.15) is 0 Å². The maximum Gasteiger partial charge on any atom is 0.348 e. The summed E-state index contributed by atoms with van der Waals surface area (Å²) in [6.45, 7) is 0. The van der Waals surface area contributed by atoms with Crippen molar-refractivity contribution in [2.45, 2.75) is 9.33 Å². The van der Waals surface area contributed by atoms with Crippen molar-refractivity contribution in [3.8, 4) is 0 Å². The summed E-state index contributed by atoms with van der Waals surface area (Å²) in [6.07, 6.45) is 0. The van der Waals surface area contributed by atoms with E-state index in [4.69, 9.17) is 23.9 Å². The molecule has 0 rings (SSSR count). The summed E-state index contributed by atoms with van der Waals surface area (Å²) >= 11 is 0. The van der Waals surface area contributed by atoms with Crippen LogP contribution in [0.25, 0.3) is 0 Å². The van der Waals surface area contributed by atoms with Crippen molar-refractivity contribution in [1.82, 2.24) is 0 Å². The Kier molecular flexibility index (Phi) is 4.57. The summed E-state index contributed by atoms with van der Waals surface area (Å²) in [7, 11) is -19.3. The third-order valence-corrected chi connectivity index (χ3v) is 7.00. The Morgan fingerprint density at radius 1 is 0.800 bits per heavy atom. The van der Waals surface area contributed by atoms with Crippen molar-refractivity contribution < 1.29 is 58.7 Å². The van der Waals surface area contributed by atoms with Gasteiger partial charge in [-0.3, -0.25) is 18.5 Å². The van der Waals surface area contributed by atoms with E-state index in [9.17, 15) is 34.8 Å². The second kappa shape index (κ2) is 4.90. The Morgan fingerprint density at radius 3 is 1.15 bits per heavy atom. The van der Waals surface area contributed by atoms with Gasteiger partial charge in [-0.2, -0.15) is 25.3 Å². The van der Waals surface area contributed by atoms with Gasteiger partial charge in [0.15, 0.2) is 0 Å². The van der Waals surface area contributed by atoms with Gasteiger partial charge >= 0.3 is 36.3 Å². The molecule has 0 saturated heterocycles. The van der Waals surface area contributed by atoms with Crippen molar-refractivity contribution in [3.05, 3.63) is 0 Å². The molecule has 0 aliphatic rings. The Morgan fingerprint density at radius 2 is 1.10 bits per heavy atom. The van der Waals surface area contributed by atoms with Gasteiger partial charge in [-0.05, 0) is 0 Å². The molecule has 5 N–H and O–H groups in total. The summed E-state index contributed by atoms with van der Waals surface area (Å²) in [5.41, 5.74) is 0. The molecule has 16 heteroatoms. The third kappa shape index (κ3) is 2.74. The van der Waals surface area contributed by atoms with Gasteiger partial charge < -0.3 is 10.2 Å². The fraction of sp³-hybridized carbons (Fsp3) is 0.500. The summed E-state index contributed by atoms with van der Waals surface area (Å²) in [4.78, 5) is 21.4. The molecular weight excluding hydrogens is 352 g/mol. The third-order valence-electron chi connectivity index (χ3n) is 1.93. The van der Waals surface area contributed by atoms with Crippen LogP contribution in [0.1, 0.15) is 0 Å². The topological polar surface area (TPSA) is 238 Å². The van der Waals surface area contributed by atoms with E-state index >= 15 is 0 Å². The standard InChI is InChI=1S/C4H6O13S3/c5-2(6)1(18(9,10)11)4(3(7)8,19(12,13)14)20(15,16)17/h1H,(H,5,6)(H,7,8)(H,9,10,11)(H,12,13,14)(H,15,16,17). The molecule has 13 nitrogen and oxygen atoms in total. The number of aliphatic carboxylic acids is 2. The van der Waals surface area contributed by atoms with Gasteiger partial charge in [0.2, 0.25) is 5.25 Å². The summed E-state index contributed by atoms with van der Waals surface area (Å²) in [5, 5.41) is 12.9. The number of hydrogen-bond acceptors (Lipinski definition) is 8. The monoisotopic (exact) mass is 358 g/mol. The summed E-state index contributed by atoms with van der Waals surface area (Å²) in [5.74, 6) is -6.22. The molecule has 1 atom stereocenters. The molecule has 118 valence electrons. The van der Waals surface area contributed by atoms with Crippen LogP contribution in [0.5, 0.6) is 0 Å². The molecule has 0 amide bonds. The molecule has 0 aliphatic heterocycles. The van der Waals surface area contributed by atoms with E-state index in [1.807, 2.05) is 0 Å². The number of rotatable bonds is 6. The summed E-state index contributed by atoms with van der Waals surface area (Å²) < 4.78 is 85.9. The normalized spacial score (nSPS) is 15.6. The summed E-state index contributed by atoms with van der Waals surface area (Å²) in [6, 6.07) is 0. The maximum atomic E-state index is 10.9. The Balaban J connectivity index is 7.26. The first kappa shape index (κ1) is 18.7. The first-order valence-electron chi connectivity index (χ1n) is 3.87. The zero-order valence-electron chi connectivity index (χ0n) is 8.80. The van der Waals surface area contributed by atoms with Crippen LogP contribution < -0.4 is 0 Å². The van der Waals surface area contributed by atoms with E-state index in [2.05, 4.69) is 0 Å². The van der Waals surface area contributed by atoms with Crippen LogP contribution in [-0.2, 0) is 39.9 Å². The van der Waals surface area contributed by atoms with Gasteiger partial charge in [-0.1, -0.05) is 0 Å². The average Bonchev–Trinajstić information content (AvgIpc) is 2.05. The molecule has 0 radical (unpaired) electrons. The highest BCUT2D eigenvalue weighted by Crippen LogP contribution is 2.32. The second-order valence-electron chi connectivity index (χ2n) is 3.16. The van der Waals surface area contributed by atoms with Crippen molar-refractivity contribution >= 4 is 42.3 Å². The molecular formula is C4H6O13S3. The quantitative estimate of drug-likeness (QED) is 0.296. The Bertz CT molecular complexity index is 703. The van der Waals surface area contributed by atoms with Crippen LogP contribution >= 0.6 is 0 Å². The van der Waals surface area contributed by atoms with Gasteiger partial charge in [0.05, 0.1) is 0 Å². The van der Waals surface area contributed by atoms with Crippen LogP contribution in [0.15, 0.2) is 0 Å². The SMILES string of the molecule is O=C(O)C(C(C(=O)O)(S(=O)(=O)O)S(=O)(=O)O)S(=O)(=O)O. The highest BCUT2D eigenvalue weighted by Gasteiger charge is 2.73. The van der Waals surface area contributed by atoms with E-state index in [0.717, 1.165) is 0 Å². The number of carboxylic acids is 2. The number of carbonyl (C=O) groups is 2. The van der Waals surface area contributed by atoms with Gasteiger partial charge in [0.25, 0.3) is 10.1 Å². The molecule has 0 saturated carbocycles. The van der Waals surface area contributed by atoms with Gasteiger partial charge in [0, 0.05) is 0 Å². The fourth-order valence-electron chi connectivity index (χ4n) is 1.22. The molecule has 0 aromatic carbocycles. The lowest BCUT2D eigenvalue weighted by atomic mass is 10.3. The average molecular weight is 358 g/mol. The number of hydrogen-bond donors (Lipinski definition) is 5. The number of carboxylic acid groups (broad SMARTS) is 2. The molecule has 0 aromatic rings. The van der Waals surface area contributed by atoms with Crippen LogP contribution in [0.4, 0.5) is 0 Å². The van der Waals surface area contributed by atoms with E-state index in [0.29, 0.717) is 0 Å². The predicted octanol–water partition coefficient (Wildman–Crippen LogP) is -3.12. The first-order valence-corrected chi connectivity index (χ1v) is 8.26. The van der Waals surface area contributed by atoms with Crippen LogP contribution in [0, 0.1) is 0 Å². The first-order chi connectivity index (χ1) is 8.51. The van der Waals surface area contributed by atoms with Crippen LogP contribution in [0.3, 0.4) is 0 Å². The molecule has 0 spiro atoms. The van der Waals surface area contributed by atoms with E-state index in [1.54, 1.807) is 0 Å². The molecule has 0 fully saturated rings. The lowest BCUT2D eigenvalue weighted by molar-refractivity contribution is -0.144. The van der Waals surface area contributed by atoms with Crippen molar-refractivity contribution in [2.24, 2.45) is 0 Å². The van der Waals surface area contributed by atoms with E-state index < -0.39 is 51.6 Å². The lowest BCUT2D eigenvalue weighted by Crippen LogP contribution is -2.65. The Hall–Kier alpha value is -1.33. The highest BCUT2D eigenvalue weighted by atomic mass is 32.3. The lowest BCUT2D eigenvalue weighted by Gasteiger charge is -2.26. The molecule has 0 aliphatic carbocycles. The molecule has 0 heterocycles. The van der Waals surface area contributed by atoms with Crippen LogP contribution in [-0.4, -0.2) is 70.4 Å². The van der Waals surface area contributed by atoms with Gasteiger partial charge in [-0.15, -0.1) is 0 Å². The van der Waals surface area contributed by atoms with Crippen LogP contribution in [0.2, 0.25) is 0 Å². The Labute approximate surface area is 111 Å². The van der Waals surface area contributed by atoms with Crippen molar-refractivity contribution in [2.75, 3.05) is 0 Å².